The van der Waals surface area contributed by atoms with Crippen LogP contribution in [-0.4, -0.2) is 33.5 Å². The number of halogens is 2. The molecule has 7 heteroatoms. The van der Waals surface area contributed by atoms with Crippen LogP contribution >= 0.6 is 23.2 Å². The van der Waals surface area contributed by atoms with Crippen molar-refractivity contribution in [1.82, 2.24) is 9.96 Å². The van der Waals surface area contributed by atoms with Crippen LogP contribution < -0.4 is 0 Å². The van der Waals surface area contributed by atoms with Gasteiger partial charge in [0.2, 0.25) is 5.91 Å². The van der Waals surface area contributed by atoms with E-state index in [-0.39, 0.29) is 17.5 Å². The summed E-state index contributed by atoms with van der Waals surface area (Å²) < 4.78 is 0. The maximum Gasteiger partial charge on any atom is 0.267 e. The Morgan fingerprint density at radius 2 is 2.11 bits per heavy atom. The van der Waals surface area contributed by atoms with E-state index in [1.807, 2.05) is 0 Å². The number of nitrogens with zero attached hydrogens (tertiary/aromatic N) is 2. The van der Waals surface area contributed by atoms with Crippen molar-refractivity contribution in [1.29, 1.82) is 0 Å². The smallest absolute Gasteiger partial charge is 0.267 e. The number of carbonyl (C=O) groups excluding carboxylic acids is 2. The Morgan fingerprint density at radius 3 is 2.67 bits per heavy atom. The zero-order valence-electron chi connectivity index (χ0n) is 9.43. The molecule has 0 aromatic heterocycles. The van der Waals surface area contributed by atoms with Gasteiger partial charge in [0, 0.05) is 22.5 Å². The van der Waals surface area contributed by atoms with Gasteiger partial charge in [0.1, 0.15) is 6.54 Å². The van der Waals surface area contributed by atoms with Gasteiger partial charge >= 0.3 is 0 Å². The topological polar surface area (TPSA) is 60.9 Å². The molecule has 1 aromatic carbocycles. The van der Waals surface area contributed by atoms with Crippen LogP contribution in [0.3, 0.4) is 0 Å². The molecule has 18 heavy (non-hydrogen) atoms. The fraction of sp³-hybridized carbons (Fsp3) is 0.273. The molecule has 0 saturated carbocycles. The number of rotatable bonds is 1. The predicted molar refractivity (Wildman–Crippen MR) is 65.2 cm³/mol. The summed E-state index contributed by atoms with van der Waals surface area (Å²) in [5.41, 5.74) is 0.449. The largest absolute Gasteiger partial charge is 0.307 e. The molecule has 1 aromatic rings. The van der Waals surface area contributed by atoms with Crippen LogP contribution in [0.4, 0.5) is 0 Å². The Labute approximate surface area is 113 Å². The number of amides is 2. The zero-order chi connectivity index (χ0) is 13.4. The molecule has 1 aliphatic rings. The van der Waals surface area contributed by atoms with Gasteiger partial charge in [-0.3, -0.25) is 14.8 Å². The molecular weight excluding hydrogens is 279 g/mol. The Kier molecular flexibility index (Phi) is 3.47. The first-order valence-electron chi connectivity index (χ1n) is 5.15. The summed E-state index contributed by atoms with van der Waals surface area (Å²) in [6.07, 6.45) is -0.903. The van der Waals surface area contributed by atoms with Crippen LogP contribution in [0, 0.1) is 0 Å². The molecular formula is C11H10Cl2N2O3. The van der Waals surface area contributed by atoms with Crippen molar-refractivity contribution in [3.63, 3.8) is 0 Å². The highest BCUT2D eigenvalue weighted by atomic mass is 35.5. The van der Waals surface area contributed by atoms with Gasteiger partial charge in [0.05, 0.1) is 0 Å². The summed E-state index contributed by atoms with van der Waals surface area (Å²) in [6, 6.07) is 4.65. The average Bonchev–Trinajstić information content (AvgIpc) is 2.57. The fourth-order valence-electron chi connectivity index (χ4n) is 1.87. The fourth-order valence-corrected chi connectivity index (χ4v) is 2.37. The molecule has 0 radical (unpaired) electrons. The van der Waals surface area contributed by atoms with E-state index in [2.05, 4.69) is 0 Å². The average molecular weight is 289 g/mol. The summed E-state index contributed by atoms with van der Waals surface area (Å²) in [7, 11) is 0. The molecule has 1 saturated heterocycles. The van der Waals surface area contributed by atoms with Gasteiger partial charge in [0.15, 0.2) is 6.17 Å². The molecule has 2 rings (SSSR count). The van der Waals surface area contributed by atoms with Gasteiger partial charge in [-0.25, -0.2) is 0 Å². The lowest BCUT2D eigenvalue weighted by molar-refractivity contribution is -0.171. The first-order chi connectivity index (χ1) is 8.41. The van der Waals surface area contributed by atoms with E-state index < -0.39 is 12.1 Å². The molecule has 5 nitrogen and oxygen atoms in total. The molecule has 1 aliphatic heterocycles. The van der Waals surface area contributed by atoms with Crippen LogP contribution in [0.2, 0.25) is 10.0 Å². The van der Waals surface area contributed by atoms with E-state index in [4.69, 9.17) is 23.2 Å². The maximum atomic E-state index is 11.5. The van der Waals surface area contributed by atoms with Gasteiger partial charge in [-0.15, -0.1) is 0 Å². The molecule has 2 amide bonds. The number of benzene rings is 1. The molecule has 1 unspecified atom stereocenters. The van der Waals surface area contributed by atoms with Gasteiger partial charge < -0.3 is 4.90 Å². The summed E-state index contributed by atoms with van der Waals surface area (Å²) in [6.45, 7) is 1.15. The minimum atomic E-state index is -0.903. The zero-order valence-corrected chi connectivity index (χ0v) is 10.9. The SMILES string of the molecule is CC(=O)N1CC(=O)N(O)C1c1ccc(Cl)cc1Cl. The first-order valence-corrected chi connectivity index (χ1v) is 5.90. The van der Waals surface area contributed by atoms with Crippen molar-refractivity contribution >= 4 is 35.0 Å². The van der Waals surface area contributed by atoms with Gasteiger partial charge in [0.25, 0.3) is 5.91 Å². The third kappa shape index (κ3) is 2.16. The van der Waals surface area contributed by atoms with E-state index in [1.54, 1.807) is 12.1 Å². The highest BCUT2D eigenvalue weighted by Gasteiger charge is 2.40. The summed E-state index contributed by atoms with van der Waals surface area (Å²) in [5.74, 6) is -0.878. The number of carbonyl (C=O) groups is 2. The normalized spacial score (nSPS) is 19.6. The van der Waals surface area contributed by atoms with Crippen molar-refractivity contribution in [2.75, 3.05) is 6.54 Å². The highest BCUT2D eigenvalue weighted by Crippen LogP contribution is 2.34. The Hall–Kier alpha value is -1.30. The molecule has 1 fully saturated rings. The lowest BCUT2D eigenvalue weighted by Crippen LogP contribution is -2.32. The van der Waals surface area contributed by atoms with Crippen molar-refractivity contribution in [2.24, 2.45) is 0 Å². The standard InChI is InChI=1S/C11H10Cl2N2O3/c1-6(16)14-5-10(17)15(18)11(14)8-3-2-7(12)4-9(8)13/h2-4,11,18H,5H2,1H3. The minimum Gasteiger partial charge on any atom is -0.307 e. The van der Waals surface area contributed by atoms with Crippen LogP contribution in [-0.2, 0) is 9.59 Å². The second-order valence-corrected chi connectivity index (χ2v) is 4.77. The van der Waals surface area contributed by atoms with Crippen LogP contribution in [0.5, 0.6) is 0 Å². The third-order valence-corrected chi connectivity index (χ3v) is 3.30. The van der Waals surface area contributed by atoms with E-state index in [0.717, 1.165) is 0 Å². The molecule has 0 bridgehead atoms. The number of hydroxylamine groups is 2. The van der Waals surface area contributed by atoms with Gasteiger partial charge in [-0.05, 0) is 12.1 Å². The van der Waals surface area contributed by atoms with Crippen molar-refractivity contribution in [3.05, 3.63) is 33.8 Å². The van der Waals surface area contributed by atoms with Crippen molar-refractivity contribution in [3.8, 4) is 0 Å². The Bertz CT molecular complexity index is 521. The second-order valence-electron chi connectivity index (χ2n) is 3.92. The maximum absolute atomic E-state index is 11.5. The first kappa shape index (κ1) is 13.1. The van der Waals surface area contributed by atoms with Crippen LogP contribution in [0.1, 0.15) is 18.7 Å². The summed E-state index contributed by atoms with van der Waals surface area (Å²) in [5, 5.41) is 11.0. The molecule has 1 heterocycles. The minimum absolute atomic E-state index is 0.171. The quantitative estimate of drug-likeness (QED) is 0.805. The molecule has 0 aliphatic carbocycles. The lowest BCUT2D eigenvalue weighted by Gasteiger charge is -2.26. The van der Waals surface area contributed by atoms with Crippen molar-refractivity contribution in [2.45, 2.75) is 13.1 Å². The van der Waals surface area contributed by atoms with E-state index >= 15 is 0 Å². The van der Waals surface area contributed by atoms with E-state index in [0.29, 0.717) is 15.6 Å². The molecule has 1 atom stereocenters. The Morgan fingerprint density at radius 1 is 1.44 bits per heavy atom. The number of hydrogen-bond acceptors (Lipinski definition) is 3. The van der Waals surface area contributed by atoms with Crippen LogP contribution in [0.15, 0.2) is 18.2 Å². The number of hydrogen-bond donors (Lipinski definition) is 1. The molecule has 0 spiro atoms. The van der Waals surface area contributed by atoms with E-state index in [1.165, 1.54) is 17.9 Å². The summed E-state index contributed by atoms with van der Waals surface area (Å²) in [4.78, 5) is 24.2. The van der Waals surface area contributed by atoms with Crippen molar-refractivity contribution < 1.29 is 14.8 Å². The van der Waals surface area contributed by atoms with Gasteiger partial charge in [-0.2, -0.15) is 5.06 Å². The third-order valence-electron chi connectivity index (χ3n) is 2.73. The Balaban J connectivity index is 2.46. The van der Waals surface area contributed by atoms with Crippen LogP contribution in [0.25, 0.3) is 0 Å². The van der Waals surface area contributed by atoms with E-state index in [9.17, 15) is 14.8 Å². The van der Waals surface area contributed by atoms with Gasteiger partial charge in [-0.1, -0.05) is 29.3 Å². The monoisotopic (exact) mass is 288 g/mol. The lowest BCUT2D eigenvalue weighted by atomic mass is 10.1. The molecule has 96 valence electrons. The summed E-state index contributed by atoms with van der Waals surface area (Å²) >= 11 is 11.8. The second kappa shape index (κ2) is 4.76. The highest BCUT2D eigenvalue weighted by molar-refractivity contribution is 6.35. The molecule has 1 N–H and O–H groups in total. The predicted octanol–water partition coefficient (Wildman–Crippen LogP) is 2.07.